The van der Waals surface area contributed by atoms with E-state index in [4.69, 9.17) is 0 Å². The third kappa shape index (κ3) is 1.80. The Morgan fingerprint density at radius 2 is 2.18 bits per heavy atom. The fourth-order valence-corrected chi connectivity index (χ4v) is 1.53. The lowest BCUT2D eigenvalue weighted by Crippen LogP contribution is -1.96. The van der Waals surface area contributed by atoms with Gasteiger partial charge in [0.05, 0.1) is 5.69 Å². The van der Waals surface area contributed by atoms with Crippen LogP contribution in [-0.2, 0) is 13.0 Å². The first-order valence-electron chi connectivity index (χ1n) is 3.87. The van der Waals surface area contributed by atoms with Gasteiger partial charge in [-0.25, -0.2) is 4.68 Å². The Morgan fingerprint density at radius 3 is 2.64 bits per heavy atom. The van der Waals surface area contributed by atoms with Gasteiger partial charge in [0.1, 0.15) is 4.60 Å². The van der Waals surface area contributed by atoms with Crippen molar-refractivity contribution in [1.82, 2.24) is 15.0 Å². The number of nitrogens with zero attached hydrogens (tertiary/aromatic N) is 3. The summed E-state index contributed by atoms with van der Waals surface area (Å²) < 4.78 is 2.88. The van der Waals surface area contributed by atoms with Crippen molar-refractivity contribution in [3.8, 4) is 0 Å². The van der Waals surface area contributed by atoms with E-state index in [1.165, 1.54) is 0 Å². The molecule has 1 aromatic heterocycles. The first-order chi connectivity index (χ1) is 5.29. The van der Waals surface area contributed by atoms with Crippen molar-refractivity contribution in [1.29, 1.82) is 0 Å². The van der Waals surface area contributed by atoms with Gasteiger partial charge in [-0.15, -0.1) is 5.10 Å². The van der Waals surface area contributed by atoms with Crippen molar-refractivity contribution in [2.24, 2.45) is 0 Å². The minimum absolute atomic E-state index is 0.872. The van der Waals surface area contributed by atoms with Crippen LogP contribution in [0.25, 0.3) is 0 Å². The van der Waals surface area contributed by atoms with Crippen LogP contribution in [0.4, 0.5) is 0 Å². The van der Waals surface area contributed by atoms with E-state index in [1.54, 1.807) is 0 Å². The molecule has 0 aromatic carbocycles. The average Bonchev–Trinajstić information content (AvgIpc) is 2.34. The van der Waals surface area contributed by atoms with Crippen LogP contribution < -0.4 is 0 Å². The number of hydrogen-bond acceptors (Lipinski definition) is 2. The van der Waals surface area contributed by atoms with Gasteiger partial charge in [-0.3, -0.25) is 0 Å². The molecule has 0 fully saturated rings. The predicted octanol–water partition coefficient (Wildman–Crippen LogP) is 2.01. The summed E-state index contributed by atoms with van der Waals surface area (Å²) in [6.07, 6.45) is 2.11. The second-order valence-corrected chi connectivity index (χ2v) is 3.14. The summed E-state index contributed by atoms with van der Waals surface area (Å²) in [5, 5.41) is 8.02. The number of aromatic nitrogens is 3. The van der Waals surface area contributed by atoms with Crippen LogP contribution in [0.1, 0.15) is 26.0 Å². The summed E-state index contributed by atoms with van der Waals surface area (Å²) in [4.78, 5) is 0. The molecule has 0 N–H and O–H groups in total. The standard InChI is InChI=1S/C7H12BrN3/c1-3-5-6-7(8)11(4-2)10-9-6/h3-5H2,1-2H3. The molecular weight excluding hydrogens is 206 g/mol. The van der Waals surface area contributed by atoms with Crippen molar-refractivity contribution >= 4 is 15.9 Å². The summed E-state index contributed by atoms with van der Waals surface area (Å²) in [7, 11) is 0. The number of aryl methyl sites for hydroxylation is 2. The molecule has 4 heteroatoms. The van der Waals surface area contributed by atoms with Crippen molar-refractivity contribution in [3.63, 3.8) is 0 Å². The summed E-state index contributed by atoms with van der Waals surface area (Å²) >= 11 is 3.45. The zero-order chi connectivity index (χ0) is 8.27. The third-order valence-corrected chi connectivity index (χ3v) is 2.39. The highest BCUT2D eigenvalue weighted by molar-refractivity contribution is 9.10. The average molecular weight is 218 g/mol. The molecule has 0 saturated heterocycles. The molecule has 1 aromatic rings. The highest BCUT2D eigenvalue weighted by Crippen LogP contribution is 2.14. The second kappa shape index (κ2) is 3.85. The monoisotopic (exact) mass is 217 g/mol. The van der Waals surface area contributed by atoms with E-state index < -0.39 is 0 Å². The first-order valence-corrected chi connectivity index (χ1v) is 4.66. The molecule has 0 bridgehead atoms. The maximum Gasteiger partial charge on any atom is 0.127 e. The molecule has 0 amide bonds. The van der Waals surface area contributed by atoms with E-state index in [0.29, 0.717) is 0 Å². The molecule has 0 radical (unpaired) electrons. The highest BCUT2D eigenvalue weighted by Gasteiger charge is 2.06. The second-order valence-electron chi connectivity index (χ2n) is 2.39. The molecular formula is C7H12BrN3. The number of rotatable bonds is 3. The van der Waals surface area contributed by atoms with Gasteiger partial charge in [0.2, 0.25) is 0 Å². The van der Waals surface area contributed by atoms with E-state index in [2.05, 4.69) is 40.1 Å². The molecule has 1 rings (SSSR count). The Kier molecular flexibility index (Phi) is 3.05. The zero-order valence-electron chi connectivity index (χ0n) is 6.84. The van der Waals surface area contributed by atoms with Gasteiger partial charge in [0.25, 0.3) is 0 Å². The predicted molar refractivity (Wildman–Crippen MR) is 47.4 cm³/mol. The SMILES string of the molecule is CCCc1nnn(CC)c1Br. The van der Waals surface area contributed by atoms with Crippen molar-refractivity contribution in [2.75, 3.05) is 0 Å². The van der Waals surface area contributed by atoms with Gasteiger partial charge in [-0.05, 0) is 29.3 Å². The maximum absolute atomic E-state index is 4.04. The van der Waals surface area contributed by atoms with E-state index in [9.17, 15) is 0 Å². The molecule has 0 aliphatic rings. The molecule has 0 aliphatic heterocycles. The number of hydrogen-bond donors (Lipinski definition) is 0. The topological polar surface area (TPSA) is 30.7 Å². The van der Waals surface area contributed by atoms with Crippen molar-refractivity contribution in [3.05, 3.63) is 10.3 Å². The van der Waals surface area contributed by atoms with Crippen LogP contribution in [0.15, 0.2) is 4.60 Å². The zero-order valence-corrected chi connectivity index (χ0v) is 8.43. The lowest BCUT2D eigenvalue weighted by Gasteiger charge is -1.95. The van der Waals surface area contributed by atoms with Gasteiger partial charge < -0.3 is 0 Å². The van der Waals surface area contributed by atoms with Crippen LogP contribution in [0.5, 0.6) is 0 Å². The molecule has 0 spiro atoms. The highest BCUT2D eigenvalue weighted by atomic mass is 79.9. The van der Waals surface area contributed by atoms with E-state index in [-0.39, 0.29) is 0 Å². The molecule has 3 nitrogen and oxygen atoms in total. The Labute approximate surface area is 74.9 Å². The van der Waals surface area contributed by atoms with Crippen LogP contribution in [0, 0.1) is 0 Å². The van der Waals surface area contributed by atoms with E-state index in [1.807, 2.05) is 4.68 Å². The summed E-state index contributed by atoms with van der Waals surface area (Å²) in [6.45, 7) is 5.06. The fourth-order valence-electron chi connectivity index (χ4n) is 0.929. The van der Waals surface area contributed by atoms with Crippen LogP contribution in [0.3, 0.4) is 0 Å². The number of halogens is 1. The lowest BCUT2D eigenvalue weighted by atomic mass is 10.3. The minimum atomic E-state index is 0.872. The summed E-state index contributed by atoms with van der Waals surface area (Å²) in [6, 6.07) is 0. The first kappa shape index (κ1) is 8.71. The Morgan fingerprint density at radius 1 is 1.45 bits per heavy atom. The maximum atomic E-state index is 4.04. The van der Waals surface area contributed by atoms with Gasteiger partial charge >= 0.3 is 0 Å². The van der Waals surface area contributed by atoms with Gasteiger partial charge in [-0.2, -0.15) is 0 Å². The molecule has 0 saturated carbocycles. The van der Waals surface area contributed by atoms with Crippen LogP contribution in [0.2, 0.25) is 0 Å². The quantitative estimate of drug-likeness (QED) is 0.776. The molecule has 11 heavy (non-hydrogen) atoms. The normalized spacial score (nSPS) is 10.5. The third-order valence-electron chi connectivity index (χ3n) is 1.52. The van der Waals surface area contributed by atoms with E-state index >= 15 is 0 Å². The molecule has 1 heterocycles. The minimum Gasteiger partial charge on any atom is -0.238 e. The van der Waals surface area contributed by atoms with Crippen molar-refractivity contribution < 1.29 is 0 Å². The van der Waals surface area contributed by atoms with Gasteiger partial charge in [0.15, 0.2) is 0 Å². The molecule has 0 unspecified atom stereocenters. The fraction of sp³-hybridized carbons (Fsp3) is 0.714. The Bertz CT molecular complexity index is 232. The lowest BCUT2D eigenvalue weighted by molar-refractivity contribution is 0.615. The van der Waals surface area contributed by atoms with Gasteiger partial charge in [-0.1, -0.05) is 18.6 Å². The van der Waals surface area contributed by atoms with Crippen LogP contribution >= 0.6 is 15.9 Å². The van der Waals surface area contributed by atoms with E-state index in [0.717, 1.165) is 29.7 Å². The molecule has 62 valence electrons. The Balaban J connectivity index is 2.82. The van der Waals surface area contributed by atoms with Gasteiger partial charge in [0, 0.05) is 6.54 Å². The Hall–Kier alpha value is -0.380. The smallest absolute Gasteiger partial charge is 0.127 e. The van der Waals surface area contributed by atoms with Crippen LogP contribution in [-0.4, -0.2) is 15.0 Å². The largest absolute Gasteiger partial charge is 0.238 e. The summed E-state index contributed by atoms with van der Waals surface area (Å²) in [5.74, 6) is 0. The van der Waals surface area contributed by atoms with Crippen molar-refractivity contribution in [2.45, 2.75) is 33.2 Å². The summed E-state index contributed by atoms with van der Waals surface area (Å²) in [5.41, 5.74) is 1.06. The molecule has 0 aliphatic carbocycles. The molecule has 0 atom stereocenters.